The van der Waals surface area contributed by atoms with Gasteiger partial charge in [-0.1, -0.05) is 0 Å². The Labute approximate surface area is 105 Å². The van der Waals surface area contributed by atoms with Crippen LogP contribution in [0.5, 0.6) is 0 Å². The van der Waals surface area contributed by atoms with Crippen LogP contribution in [0.3, 0.4) is 0 Å². The van der Waals surface area contributed by atoms with Crippen LogP contribution in [0.25, 0.3) is 11.3 Å². The van der Waals surface area contributed by atoms with Crippen molar-refractivity contribution in [3.63, 3.8) is 0 Å². The Kier molecular flexibility index (Phi) is 2.23. The number of nitrogens with one attached hydrogen (secondary N) is 1. The van der Waals surface area contributed by atoms with E-state index < -0.39 is 0 Å². The molecule has 5 nitrogen and oxygen atoms in total. The third-order valence-corrected chi connectivity index (χ3v) is 2.99. The molecule has 0 unspecified atom stereocenters. The van der Waals surface area contributed by atoms with Crippen molar-refractivity contribution in [2.75, 3.05) is 5.32 Å². The third kappa shape index (κ3) is 1.77. The molecule has 0 aliphatic carbocycles. The Morgan fingerprint density at radius 2 is 2.06 bits per heavy atom. The minimum Gasteiger partial charge on any atom is -0.349 e. The Balaban J connectivity index is 2.13. The Bertz CT molecular complexity index is 646. The molecule has 0 atom stereocenters. The molecule has 3 rings (SSSR count). The molecule has 0 aromatic carbocycles. The predicted octanol–water partition coefficient (Wildman–Crippen LogP) is 1.51. The maximum Gasteiger partial charge on any atom is 0.255 e. The summed E-state index contributed by atoms with van der Waals surface area (Å²) in [6.45, 7) is 4.74. The molecule has 2 aromatic rings. The van der Waals surface area contributed by atoms with E-state index in [2.05, 4.69) is 15.3 Å². The van der Waals surface area contributed by atoms with Crippen LogP contribution in [0, 0.1) is 0 Å². The number of aromatic nitrogens is 3. The van der Waals surface area contributed by atoms with Gasteiger partial charge in [0.2, 0.25) is 5.95 Å². The summed E-state index contributed by atoms with van der Waals surface area (Å²) in [6.07, 6.45) is 3.39. The molecule has 0 radical (unpaired) electrons. The van der Waals surface area contributed by atoms with Gasteiger partial charge in [0.25, 0.3) is 5.56 Å². The highest BCUT2D eigenvalue weighted by atomic mass is 16.1. The molecule has 0 amide bonds. The standard InChI is InChI=1S/C13H14N4O/c1-13(2)8-17-11(18)7-10(15-12(17)16-13)9-3-5-14-6-4-9/h3-7H,8H2,1-2H3,(H,15,16). The average Bonchev–Trinajstić information content (AvgIpc) is 2.65. The summed E-state index contributed by atoms with van der Waals surface area (Å²) in [5.41, 5.74) is 1.43. The third-order valence-electron chi connectivity index (χ3n) is 2.99. The smallest absolute Gasteiger partial charge is 0.255 e. The minimum atomic E-state index is -0.129. The van der Waals surface area contributed by atoms with Crippen molar-refractivity contribution < 1.29 is 0 Å². The van der Waals surface area contributed by atoms with Gasteiger partial charge < -0.3 is 5.32 Å². The quantitative estimate of drug-likeness (QED) is 0.823. The lowest BCUT2D eigenvalue weighted by molar-refractivity contribution is 0.517. The number of hydrogen-bond donors (Lipinski definition) is 1. The summed E-state index contributed by atoms with van der Waals surface area (Å²) in [5.74, 6) is 0.638. The molecule has 0 spiro atoms. The number of rotatable bonds is 1. The van der Waals surface area contributed by atoms with Gasteiger partial charge in [-0.2, -0.15) is 0 Å². The van der Waals surface area contributed by atoms with Crippen molar-refractivity contribution in [2.24, 2.45) is 0 Å². The second-order valence-corrected chi connectivity index (χ2v) is 5.13. The molecule has 2 aromatic heterocycles. The molecule has 5 heteroatoms. The molecular formula is C13H14N4O. The van der Waals surface area contributed by atoms with Gasteiger partial charge in [-0.25, -0.2) is 4.98 Å². The highest BCUT2D eigenvalue weighted by Gasteiger charge is 2.29. The molecule has 3 heterocycles. The normalized spacial score (nSPS) is 16.1. The van der Waals surface area contributed by atoms with Crippen LogP contribution >= 0.6 is 0 Å². The predicted molar refractivity (Wildman–Crippen MR) is 69.4 cm³/mol. The highest BCUT2D eigenvalue weighted by Crippen LogP contribution is 2.24. The zero-order valence-corrected chi connectivity index (χ0v) is 10.3. The summed E-state index contributed by atoms with van der Waals surface area (Å²) in [7, 11) is 0. The van der Waals surface area contributed by atoms with E-state index >= 15 is 0 Å². The molecule has 0 saturated carbocycles. The zero-order valence-electron chi connectivity index (χ0n) is 10.3. The first-order valence-electron chi connectivity index (χ1n) is 5.86. The molecular weight excluding hydrogens is 228 g/mol. The van der Waals surface area contributed by atoms with E-state index in [4.69, 9.17) is 0 Å². The summed E-state index contributed by atoms with van der Waals surface area (Å²) in [6, 6.07) is 5.26. The lowest BCUT2D eigenvalue weighted by Crippen LogP contribution is -2.29. The second kappa shape index (κ2) is 3.66. The van der Waals surface area contributed by atoms with E-state index in [0.29, 0.717) is 18.2 Å². The van der Waals surface area contributed by atoms with Crippen LogP contribution in [0.15, 0.2) is 35.4 Å². The first-order valence-corrected chi connectivity index (χ1v) is 5.86. The van der Waals surface area contributed by atoms with E-state index in [1.54, 1.807) is 23.0 Å². The van der Waals surface area contributed by atoms with Crippen LogP contribution in [-0.2, 0) is 6.54 Å². The fourth-order valence-corrected chi connectivity index (χ4v) is 2.16. The monoisotopic (exact) mass is 242 g/mol. The summed E-state index contributed by atoms with van der Waals surface area (Å²) < 4.78 is 1.67. The van der Waals surface area contributed by atoms with Crippen molar-refractivity contribution in [1.82, 2.24) is 14.5 Å². The van der Waals surface area contributed by atoms with E-state index in [1.165, 1.54) is 0 Å². The molecule has 0 fully saturated rings. The average molecular weight is 242 g/mol. The van der Waals surface area contributed by atoms with Crippen molar-refractivity contribution in [1.29, 1.82) is 0 Å². The van der Waals surface area contributed by atoms with Crippen LogP contribution in [0.4, 0.5) is 5.95 Å². The van der Waals surface area contributed by atoms with E-state index in [0.717, 1.165) is 5.56 Å². The maximum absolute atomic E-state index is 12.1. The van der Waals surface area contributed by atoms with Crippen LogP contribution < -0.4 is 10.9 Å². The molecule has 92 valence electrons. The summed E-state index contributed by atoms with van der Waals surface area (Å²) >= 11 is 0. The lowest BCUT2D eigenvalue weighted by atomic mass is 10.1. The number of hydrogen-bond acceptors (Lipinski definition) is 4. The lowest BCUT2D eigenvalue weighted by Gasteiger charge is -2.15. The van der Waals surface area contributed by atoms with E-state index in [1.807, 2.05) is 26.0 Å². The number of anilines is 1. The van der Waals surface area contributed by atoms with Gasteiger partial charge in [0.05, 0.1) is 17.8 Å². The molecule has 18 heavy (non-hydrogen) atoms. The fourth-order valence-electron chi connectivity index (χ4n) is 2.16. The van der Waals surface area contributed by atoms with Crippen molar-refractivity contribution in [2.45, 2.75) is 25.9 Å². The first kappa shape index (κ1) is 11.0. The van der Waals surface area contributed by atoms with Gasteiger partial charge in [-0.05, 0) is 26.0 Å². The van der Waals surface area contributed by atoms with Crippen molar-refractivity contribution in [3.8, 4) is 11.3 Å². The molecule has 0 bridgehead atoms. The fraction of sp³-hybridized carbons (Fsp3) is 0.308. The SMILES string of the molecule is CC1(C)Cn2c(nc(-c3ccncc3)cc2=O)N1. The van der Waals surface area contributed by atoms with Gasteiger partial charge in [0.1, 0.15) is 0 Å². The Morgan fingerprint density at radius 3 is 2.78 bits per heavy atom. The summed E-state index contributed by atoms with van der Waals surface area (Å²) in [4.78, 5) is 20.5. The molecule has 1 N–H and O–H groups in total. The first-order chi connectivity index (χ1) is 8.55. The largest absolute Gasteiger partial charge is 0.349 e. The van der Waals surface area contributed by atoms with Gasteiger partial charge in [-0.15, -0.1) is 0 Å². The molecule has 1 aliphatic rings. The van der Waals surface area contributed by atoms with Crippen molar-refractivity contribution >= 4 is 5.95 Å². The molecule has 1 aliphatic heterocycles. The van der Waals surface area contributed by atoms with Crippen LogP contribution in [0.2, 0.25) is 0 Å². The number of nitrogens with zero attached hydrogens (tertiary/aromatic N) is 3. The number of pyridine rings is 1. The Morgan fingerprint density at radius 1 is 1.33 bits per heavy atom. The molecule has 0 saturated heterocycles. The van der Waals surface area contributed by atoms with E-state index in [-0.39, 0.29) is 11.1 Å². The topological polar surface area (TPSA) is 59.8 Å². The zero-order chi connectivity index (χ0) is 12.8. The van der Waals surface area contributed by atoms with Crippen molar-refractivity contribution in [3.05, 3.63) is 40.9 Å². The summed E-state index contributed by atoms with van der Waals surface area (Å²) in [5, 5.41) is 3.26. The van der Waals surface area contributed by atoms with Gasteiger partial charge in [0.15, 0.2) is 0 Å². The van der Waals surface area contributed by atoms with Crippen LogP contribution in [0.1, 0.15) is 13.8 Å². The number of fused-ring (bicyclic) bond motifs is 1. The Hall–Kier alpha value is -2.17. The minimum absolute atomic E-state index is 0.0233. The second-order valence-electron chi connectivity index (χ2n) is 5.13. The highest BCUT2D eigenvalue weighted by molar-refractivity contribution is 5.59. The maximum atomic E-state index is 12.1. The van der Waals surface area contributed by atoms with Gasteiger partial charge in [-0.3, -0.25) is 14.3 Å². The van der Waals surface area contributed by atoms with E-state index in [9.17, 15) is 4.79 Å². The van der Waals surface area contributed by atoms with Gasteiger partial charge in [0, 0.05) is 24.0 Å². The van der Waals surface area contributed by atoms with Crippen LogP contribution in [-0.4, -0.2) is 20.1 Å². The van der Waals surface area contributed by atoms with Gasteiger partial charge >= 0.3 is 0 Å².